The molecule has 36 heavy (non-hydrogen) atoms. The van der Waals surface area contributed by atoms with Crippen LogP contribution in [0.3, 0.4) is 0 Å². The predicted molar refractivity (Wildman–Crippen MR) is 125 cm³/mol. The number of ketones is 4. The first kappa shape index (κ1) is 23.9. The van der Waals surface area contributed by atoms with Crippen molar-refractivity contribution in [1.29, 1.82) is 0 Å². The lowest BCUT2D eigenvalue weighted by atomic mass is 9.53. The van der Waals surface area contributed by atoms with Crippen molar-refractivity contribution in [2.45, 2.75) is 31.8 Å². The Morgan fingerprint density at radius 2 is 1.86 bits per heavy atom. The molecule has 1 amide bonds. The predicted octanol–water partition coefficient (Wildman–Crippen LogP) is 1.39. The highest BCUT2D eigenvalue weighted by Crippen LogP contribution is 2.51. The molecule has 2 fully saturated rings. The monoisotopic (exact) mass is 491 g/mol. The third-order valence-corrected chi connectivity index (χ3v) is 7.74. The highest BCUT2D eigenvalue weighted by Gasteiger charge is 2.66. The van der Waals surface area contributed by atoms with Gasteiger partial charge < -0.3 is 20.7 Å². The molecule has 3 aliphatic carbocycles. The number of ether oxygens (including phenoxy) is 1. The number of hydrogen-bond acceptors (Lipinski definition) is 8. The molecule has 0 bridgehead atoms. The van der Waals surface area contributed by atoms with E-state index in [1.807, 2.05) is 25.1 Å². The molecule has 2 saturated carbocycles. The van der Waals surface area contributed by atoms with E-state index in [0.29, 0.717) is 23.5 Å². The Hall–Kier alpha value is -3.85. The number of carbonyl (C=O) groups is 5. The van der Waals surface area contributed by atoms with Crippen molar-refractivity contribution in [3.05, 3.63) is 47.5 Å². The van der Waals surface area contributed by atoms with Crippen molar-refractivity contribution < 1.29 is 38.9 Å². The van der Waals surface area contributed by atoms with Crippen LogP contribution < -0.4 is 10.5 Å². The van der Waals surface area contributed by atoms with Gasteiger partial charge in [0.2, 0.25) is 5.91 Å². The van der Waals surface area contributed by atoms with Gasteiger partial charge in [-0.3, -0.25) is 24.0 Å². The normalized spacial score (nSPS) is 29.3. The van der Waals surface area contributed by atoms with Crippen LogP contribution in [-0.2, 0) is 25.6 Å². The second-order valence-corrected chi connectivity index (χ2v) is 9.69. The second-order valence-electron chi connectivity index (χ2n) is 9.69. The zero-order valence-electron chi connectivity index (χ0n) is 19.5. The second kappa shape index (κ2) is 8.37. The van der Waals surface area contributed by atoms with Crippen LogP contribution in [0.25, 0.3) is 11.1 Å². The molecular weight excluding hydrogens is 466 g/mol. The fraction of sp³-hybridized carbons (Fsp3) is 0.370. The minimum absolute atomic E-state index is 0.0308. The third-order valence-electron chi connectivity index (χ3n) is 7.74. The fourth-order valence-electron chi connectivity index (χ4n) is 6.16. The summed E-state index contributed by atoms with van der Waals surface area (Å²) in [5, 5.41) is 21.9. The van der Waals surface area contributed by atoms with Gasteiger partial charge in [-0.15, -0.1) is 0 Å². The van der Waals surface area contributed by atoms with E-state index in [-0.39, 0.29) is 30.6 Å². The highest BCUT2D eigenvalue weighted by molar-refractivity contribution is 6.31. The number of carbonyl (C=O) groups excluding carboxylic acids is 5. The van der Waals surface area contributed by atoms with Crippen molar-refractivity contribution in [3.63, 3.8) is 0 Å². The van der Waals surface area contributed by atoms with Crippen LogP contribution in [0.1, 0.15) is 35.7 Å². The first-order valence-electron chi connectivity index (χ1n) is 11.8. The van der Waals surface area contributed by atoms with Gasteiger partial charge in [0.25, 0.3) is 0 Å². The number of aromatic hydroxyl groups is 1. The molecule has 2 unspecified atom stereocenters. The number of phenolic OH excluding ortho intramolecular Hbond substituents is 1. The molecule has 0 spiro atoms. The molecule has 4 N–H and O–H groups in total. The number of primary amides is 1. The number of phenols is 1. The first-order chi connectivity index (χ1) is 17.1. The summed E-state index contributed by atoms with van der Waals surface area (Å²) in [7, 11) is 0. The van der Waals surface area contributed by atoms with E-state index < -0.39 is 58.3 Å². The minimum atomic E-state index is -2.65. The van der Waals surface area contributed by atoms with E-state index in [1.165, 1.54) is 6.07 Å². The lowest BCUT2D eigenvalue weighted by Crippen LogP contribution is -2.68. The Bertz CT molecular complexity index is 1350. The number of aliphatic hydroxyl groups is 1. The maximum absolute atomic E-state index is 13.7. The highest BCUT2D eigenvalue weighted by atomic mass is 16.5. The van der Waals surface area contributed by atoms with Crippen LogP contribution in [0.2, 0.25) is 0 Å². The molecule has 9 heteroatoms. The third kappa shape index (κ3) is 3.30. The Kier molecular flexibility index (Phi) is 5.55. The van der Waals surface area contributed by atoms with Gasteiger partial charge in [0, 0.05) is 12.3 Å². The van der Waals surface area contributed by atoms with Gasteiger partial charge in [-0.1, -0.05) is 18.2 Å². The van der Waals surface area contributed by atoms with Crippen molar-refractivity contribution in [1.82, 2.24) is 0 Å². The van der Waals surface area contributed by atoms with E-state index in [4.69, 9.17) is 10.5 Å². The molecule has 186 valence electrons. The summed E-state index contributed by atoms with van der Waals surface area (Å²) < 4.78 is 5.59. The lowest BCUT2D eigenvalue weighted by molar-refractivity contribution is -0.175. The van der Waals surface area contributed by atoms with Crippen LogP contribution in [0.4, 0.5) is 0 Å². The van der Waals surface area contributed by atoms with E-state index >= 15 is 0 Å². The first-order valence-corrected chi connectivity index (χ1v) is 11.8. The molecular formula is C27H25NO8. The van der Waals surface area contributed by atoms with Crippen LogP contribution >= 0.6 is 0 Å². The maximum atomic E-state index is 13.7. The van der Waals surface area contributed by atoms with Crippen LogP contribution in [0.5, 0.6) is 11.5 Å². The average Bonchev–Trinajstić information content (AvgIpc) is 2.81. The summed E-state index contributed by atoms with van der Waals surface area (Å²) in [6.45, 7) is 2.33. The zero-order valence-corrected chi connectivity index (χ0v) is 19.5. The number of nitrogens with two attached hydrogens (primary N) is 1. The average molecular weight is 491 g/mol. The Labute approximate surface area is 206 Å². The maximum Gasteiger partial charge on any atom is 0.235 e. The zero-order chi connectivity index (χ0) is 25.9. The largest absolute Gasteiger partial charge is 0.507 e. The summed E-state index contributed by atoms with van der Waals surface area (Å²) in [5.74, 6) is -9.59. The van der Waals surface area contributed by atoms with E-state index in [9.17, 15) is 34.2 Å². The van der Waals surface area contributed by atoms with Crippen molar-refractivity contribution in [3.8, 4) is 22.6 Å². The minimum Gasteiger partial charge on any atom is -0.507 e. The van der Waals surface area contributed by atoms with Gasteiger partial charge in [-0.05, 0) is 60.6 Å². The SMILES string of the molecule is CCOc1cccc(-c2ccc(O)c3c2C[C@H]2C[C@H]4CC(=O)C(C(N)=O)C(=O)[C@@]4(O)C(=O)C2C3=O)c1. The van der Waals surface area contributed by atoms with Crippen molar-refractivity contribution in [2.75, 3.05) is 6.61 Å². The molecule has 2 aromatic rings. The molecule has 0 aliphatic heterocycles. The summed E-state index contributed by atoms with van der Waals surface area (Å²) in [5.41, 5.74) is 4.52. The van der Waals surface area contributed by atoms with Crippen LogP contribution in [0, 0.1) is 23.7 Å². The summed E-state index contributed by atoms with van der Waals surface area (Å²) in [4.78, 5) is 64.4. The summed E-state index contributed by atoms with van der Waals surface area (Å²) in [6, 6.07) is 10.3. The quantitative estimate of drug-likeness (QED) is 0.541. The number of benzene rings is 2. The molecule has 0 saturated heterocycles. The van der Waals surface area contributed by atoms with Gasteiger partial charge in [-0.25, -0.2) is 0 Å². The van der Waals surface area contributed by atoms with Crippen LogP contribution in [-0.4, -0.2) is 51.5 Å². The Balaban J connectivity index is 1.60. The molecule has 5 rings (SSSR count). The number of amides is 1. The Morgan fingerprint density at radius 1 is 1.11 bits per heavy atom. The summed E-state index contributed by atoms with van der Waals surface area (Å²) in [6.07, 6.45) is -0.0986. The van der Waals surface area contributed by atoms with Gasteiger partial charge >= 0.3 is 0 Å². The molecule has 0 radical (unpaired) electrons. The smallest absolute Gasteiger partial charge is 0.235 e. The van der Waals surface area contributed by atoms with Crippen molar-refractivity contribution >= 4 is 29.0 Å². The number of rotatable bonds is 4. The molecule has 5 atom stereocenters. The Morgan fingerprint density at radius 3 is 2.56 bits per heavy atom. The standard InChI is InChI=1S/C27H25NO8/c1-2-36-15-5-3-4-12(9-15)16-6-7-18(29)21-17(16)10-13-8-14-11-19(30)22(26(28)34)25(33)27(14,35)24(32)20(13)23(21)31/h3-7,9,13-14,20,22,29,35H,2,8,10-11H2,1H3,(H2,28,34)/t13-,14+,20?,22?,27+/m1/s1. The van der Waals surface area contributed by atoms with E-state index in [1.54, 1.807) is 12.1 Å². The van der Waals surface area contributed by atoms with Gasteiger partial charge in [0.05, 0.1) is 18.1 Å². The fourth-order valence-corrected chi connectivity index (χ4v) is 6.16. The molecule has 0 aromatic heterocycles. The number of fused-ring (bicyclic) bond motifs is 3. The number of hydrogen-bond donors (Lipinski definition) is 3. The van der Waals surface area contributed by atoms with E-state index in [0.717, 1.165) is 5.56 Å². The van der Waals surface area contributed by atoms with Gasteiger partial charge in [-0.2, -0.15) is 0 Å². The topological polar surface area (TPSA) is 161 Å². The number of Topliss-reactive ketones (excluding diaryl/α,β-unsaturated/α-hetero) is 4. The van der Waals surface area contributed by atoms with Crippen LogP contribution in [0.15, 0.2) is 36.4 Å². The van der Waals surface area contributed by atoms with Crippen molar-refractivity contribution in [2.24, 2.45) is 29.4 Å². The lowest BCUT2D eigenvalue weighted by Gasteiger charge is -2.48. The summed E-state index contributed by atoms with van der Waals surface area (Å²) >= 11 is 0. The van der Waals surface area contributed by atoms with Gasteiger partial charge in [0.1, 0.15) is 11.5 Å². The molecule has 0 heterocycles. The molecule has 2 aromatic carbocycles. The van der Waals surface area contributed by atoms with Gasteiger partial charge in [0.15, 0.2) is 34.7 Å². The molecule has 9 nitrogen and oxygen atoms in total. The van der Waals surface area contributed by atoms with E-state index in [2.05, 4.69) is 0 Å². The molecule has 3 aliphatic rings.